The Morgan fingerprint density at radius 1 is 1.28 bits per heavy atom. The third-order valence-corrected chi connectivity index (χ3v) is 4.74. The molecule has 2 aliphatic heterocycles. The first-order chi connectivity index (χ1) is 11.7. The summed E-state index contributed by atoms with van der Waals surface area (Å²) in [5.41, 5.74) is 0.911. The Morgan fingerprint density at radius 3 is 2.72 bits per heavy atom. The number of carbonyl (C=O) groups excluding carboxylic acids is 1. The van der Waals surface area contributed by atoms with E-state index in [2.05, 4.69) is 0 Å². The zero-order chi connectivity index (χ0) is 18.2. The quantitative estimate of drug-likeness (QED) is 0.704. The smallest absolute Gasteiger partial charge is 0.411 e. The highest BCUT2D eigenvalue weighted by Crippen LogP contribution is 2.35. The zero-order valence-corrected chi connectivity index (χ0v) is 15.0. The van der Waals surface area contributed by atoms with Crippen LogP contribution in [0.25, 0.3) is 0 Å². The molecule has 1 aromatic carbocycles. The van der Waals surface area contributed by atoms with Crippen molar-refractivity contribution in [1.82, 2.24) is 4.90 Å². The highest BCUT2D eigenvalue weighted by atomic mass is 19.1. The highest BCUT2D eigenvalue weighted by molar-refractivity contribution is 5.70. The third-order valence-electron chi connectivity index (χ3n) is 4.74. The molecular formula is C20H25F2NO2. The predicted molar refractivity (Wildman–Crippen MR) is 92.3 cm³/mol. The fourth-order valence-corrected chi connectivity index (χ4v) is 3.77. The van der Waals surface area contributed by atoms with Crippen molar-refractivity contribution in [3.63, 3.8) is 0 Å². The number of amides is 1. The molecule has 0 aromatic heterocycles. The lowest BCUT2D eigenvalue weighted by Gasteiger charge is -2.45. The summed E-state index contributed by atoms with van der Waals surface area (Å²) in [5, 5.41) is 0. The number of ether oxygens (including phenoxy) is 1. The maximum absolute atomic E-state index is 13.9. The number of hydrogen-bond donors (Lipinski definition) is 0. The monoisotopic (exact) mass is 349 g/mol. The average molecular weight is 349 g/mol. The van der Waals surface area contributed by atoms with Gasteiger partial charge in [-0.05, 0) is 76.6 Å². The molecule has 0 aliphatic carbocycles. The summed E-state index contributed by atoms with van der Waals surface area (Å²) < 4.78 is 32.9. The topological polar surface area (TPSA) is 29.5 Å². The minimum Gasteiger partial charge on any atom is -0.444 e. The standard InChI is InChI=1S/C20H25F2NO2/c1-20(2,3)25-19(24)23-16-5-4-6-17(23)11-13(10-16)9-14-12-15(21)7-8-18(14)22/h7-8,10,12,16-17H,4-6,9,11H2,1-3H3. The molecule has 5 heteroatoms. The number of rotatable bonds is 2. The van der Waals surface area contributed by atoms with Crippen LogP contribution in [0.2, 0.25) is 0 Å². The molecule has 25 heavy (non-hydrogen) atoms. The van der Waals surface area contributed by atoms with Gasteiger partial charge in [0.1, 0.15) is 17.2 Å². The first-order valence-electron chi connectivity index (χ1n) is 8.88. The van der Waals surface area contributed by atoms with Crippen molar-refractivity contribution in [1.29, 1.82) is 0 Å². The molecule has 2 unspecified atom stereocenters. The van der Waals surface area contributed by atoms with Gasteiger partial charge in [-0.2, -0.15) is 0 Å². The van der Waals surface area contributed by atoms with E-state index in [9.17, 15) is 13.6 Å². The van der Waals surface area contributed by atoms with Gasteiger partial charge in [0.2, 0.25) is 0 Å². The molecule has 2 aliphatic rings. The second-order valence-corrected chi connectivity index (χ2v) is 7.98. The molecule has 0 saturated carbocycles. The summed E-state index contributed by atoms with van der Waals surface area (Å²) in [6, 6.07) is 3.61. The molecule has 1 amide bonds. The Kier molecular flexibility index (Phi) is 4.85. The van der Waals surface area contributed by atoms with Gasteiger partial charge in [-0.15, -0.1) is 0 Å². The van der Waals surface area contributed by atoms with Gasteiger partial charge in [0, 0.05) is 6.04 Å². The van der Waals surface area contributed by atoms with E-state index in [-0.39, 0.29) is 24.0 Å². The van der Waals surface area contributed by atoms with Crippen molar-refractivity contribution < 1.29 is 18.3 Å². The van der Waals surface area contributed by atoms with Gasteiger partial charge in [-0.25, -0.2) is 13.6 Å². The Labute approximate surface area is 147 Å². The summed E-state index contributed by atoms with van der Waals surface area (Å²) in [4.78, 5) is 14.4. The normalized spacial score (nSPS) is 23.2. The van der Waals surface area contributed by atoms with E-state index in [1.807, 2.05) is 31.7 Å². The second kappa shape index (κ2) is 6.77. The van der Waals surface area contributed by atoms with Gasteiger partial charge in [0.25, 0.3) is 0 Å². The van der Waals surface area contributed by atoms with E-state index < -0.39 is 11.4 Å². The van der Waals surface area contributed by atoms with Crippen molar-refractivity contribution >= 4 is 6.09 Å². The molecule has 0 radical (unpaired) electrons. The summed E-state index contributed by atoms with van der Waals surface area (Å²) in [7, 11) is 0. The van der Waals surface area contributed by atoms with Gasteiger partial charge in [-0.1, -0.05) is 11.6 Å². The van der Waals surface area contributed by atoms with Crippen LogP contribution in [0.3, 0.4) is 0 Å². The molecule has 1 aromatic rings. The third kappa shape index (κ3) is 4.20. The summed E-state index contributed by atoms with van der Waals surface area (Å²) >= 11 is 0. The van der Waals surface area contributed by atoms with Gasteiger partial charge in [-0.3, -0.25) is 4.90 Å². The molecule has 0 spiro atoms. The van der Waals surface area contributed by atoms with Crippen molar-refractivity contribution in [2.24, 2.45) is 0 Å². The molecule has 3 nitrogen and oxygen atoms in total. The average Bonchev–Trinajstić information content (AvgIpc) is 2.48. The zero-order valence-electron chi connectivity index (χ0n) is 15.0. The van der Waals surface area contributed by atoms with E-state index >= 15 is 0 Å². The van der Waals surface area contributed by atoms with E-state index in [0.717, 1.165) is 30.9 Å². The van der Waals surface area contributed by atoms with Gasteiger partial charge < -0.3 is 4.74 Å². The largest absolute Gasteiger partial charge is 0.444 e. The SMILES string of the molecule is CC(C)(C)OC(=O)N1C2C=C(Cc3cc(F)ccc3F)CC1CCC2. The van der Waals surface area contributed by atoms with Crippen molar-refractivity contribution in [3.05, 3.63) is 47.0 Å². The van der Waals surface area contributed by atoms with Crippen molar-refractivity contribution in [3.8, 4) is 0 Å². The molecule has 0 N–H and O–H groups in total. The maximum Gasteiger partial charge on any atom is 0.411 e. The van der Waals surface area contributed by atoms with Crippen LogP contribution in [0.4, 0.5) is 13.6 Å². The summed E-state index contributed by atoms with van der Waals surface area (Å²) in [6.07, 6.45) is 5.69. The Bertz CT molecular complexity index is 693. The predicted octanol–water partition coefficient (Wildman–Crippen LogP) is 5.00. The van der Waals surface area contributed by atoms with Crippen LogP contribution < -0.4 is 0 Å². The minimum absolute atomic E-state index is 0.0195. The summed E-state index contributed by atoms with van der Waals surface area (Å²) in [5.74, 6) is -0.814. The fourth-order valence-electron chi connectivity index (χ4n) is 3.77. The highest BCUT2D eigenvalue weighted by Gasteiger charge is 2.39. The Morgan fingerprint density at radius 2 is 2.04 bits per heavy atom. The van der Waals surface area contributed by atoms with Crippen molar-refractivity contribution in [2.45, 2.75) is 70.6 Å². The molecule has 2 atom stereocenters. The lowest BCUT2D eigenvalue weighted by atomic mass is 9.83. The van der Waals surface area contributed by atoms with E-state index in [1.165, 1.54) is 12.1 Å². The lowest BCUT2D eigenvalue weighted by molar-refractivity contribution is -0.00150. The van der Waals surface area contributed by atoms with Crippen LogP contribution in [-0.2, 0) is 11.2 Å². The van der Waals surface area contributed by atoms with Crippen LogP contribution in [0.5, 0.6) is 0 Å². The van der Waals surface area contributed by atoms with Crippen LogP contribution in [0.1, 0.15) is 52.0 Å². The molecule has 1 fully saturated rings. The number of hydrogen-bond acceptors (Lipinski definition) is 2. The van der Waals surface area contributed by atoms with Gasteiger partial charge >= 0.3 is 6.09 Å². The first-order valence-corrected chi connectivity index (χ1v) is 8.88. The molecular weight excluding hydrogens is 324 g/mol. The number of nitrogens with zero attached hydrogens (tertiary/aromatic N) is 1. The minimum atomic E-state index is -0.528. The number of piperidine rings is 1. The summed E-state index contributed by atoms with van der Waals surface area (Å²) in [6.45, 7) is 5.58. The molecule has 136 valence electrons. The van der Waals surface area contributed by atoms with Gasteiger partial charge in [0.15, 0.2) is 0 Å². The van der Waals surface area contributed by atoms with E-state index in [0.29, 0.717) is 18.4 Å². The maximum atomic E-state index is 13.9. The number of carbonyl (C=O) groups is 1. The number of fused-ring (bicyclic) bond motifs is 2. The van der Waals surface area contributed by atoms with Crippen molar-refractivity contribution in [2.75, 3.05) is 0 Å². The van der Waals surface area contributed by atoms with Crippen LogP contribution in [0.15, 0.2) is 29.8 Å². The molecule has 2 heterocycles. The molecule has 3 rings (SSSR count). The number of benzene rings is 1. The number of halogens is 2. The first kappa shape index (κ1) is 17.9. The van der Waals surface area contributed by atoms with E-state index in [1.54, 1.807) is 0 Å². The lowest BCUT2D eigenvalue weighted by Crippen LogP contribution is -2.53. The van der Waals surface area contributed by atoms with Crippen LogP contribution in [0, 0.1) is 11.6 Å². The molecule has 1 saturated heterocycles. The fraction of sp³-hybridized carbons (Fsp3) is 0.550. The Balaban J connectivity index is 1.79. The van der Waals surface area contributed by atoms with Crippen LogP contribution >= 0.6 is 0 Å². The van der Waals surface area contributed by atoms with Gasteiger partial charge in [0.05, 0.1) is 6.04 Å². The molecule has 2 bridgehead atoms. The van der Waals surface area contributed by atoms with Crippen LogP contribution in [-0.4, -0.2) is 28.7 Å². The van der Waals surface area contributed by atoms with E-state index in [4.69, 9.17) is 4.74 Å². The Hall–Kier alpha value is -1.91. The second-order valence-electron chi connectivity index (χ2n) is 7.98.